The highest BCUT2D eigenvalue weighted by atomic mass is 35.5. The van der Waals surface area contributed by atoms with Crippen molar-refractivity contribution < 1.29 is 22.7 Å². The molecular weight excluding hydrogens is 297 g/mol. The molecule has 0 aliphatic rings. The van der Waals surface area contributed by atoms with Gasteiger partial charge in [-0.3, -0.25) is 4.79 Å². The molecule has 0 spiro atoms. The summed E-state index contributed by atoms with van der Waals surface area (Å²) in [5.74, 6) is -0.313. The third kappa shape index (κ3) is 2.62. The highest BCUT2D eigenvalue weighted by Gasteiger charge is 2.34. The molecule has 0 unspecified atom stereocenters. The highest BCUT2D eigenvalue weighted by Crippen LogP contribution is 2.37. The Morgan fingerprint density at radius 3 is 2.60 bits per heavy atom. The summed E-state index contributed by atoms with van der Waals surface area (Å²) in [6, 6.07) is 4.66. The third-order valence-corrected chi connectivity index (χ3v) is 2.77. The lowest BCUT2D eigenvalue weighted by atomic mass is 10.1. The van der Waals surface area contributed by atoms with E-state index in [9.17, 15) is 18.0 Å². The maximum absolute atomic E-state index is 12.9. The van der Waals surface area contributed by atoms with E-state index in [0.29, 0.717) is 0 Å². The lowest BCUT2D eigenvalue weighted by Gasteiger charge is -2.14. The Balaban J connectivity index is 2.59. The van der Waals surface area contributed by atoms with E-state index in [-0.39, 0.29) is 17.1 Å². The number of hydrogen-bond donors (Lipinski definition) is 0. The SMILES string of the molecule is COc1ccc(-n2nccc2C(=O)Cl)cc1C(F)(F)F. The first kappa shape index (κ1) is 14.4. The Hall–Kier alpha value is -2.02. The van der Waals surface area contributed by atoms with Gasteiger partial charge < -0.3 is 4.74 Å². The predicted octanol–water partition coefficient (Wildman–Crippen LogP) is 3.28. The Kier molecular flexibility index (Phi) is 3.71. The summed E-state index contributed by atoms with van der Waals surface area (Å²) in [4.78, 5) is 11.2. The zero-order chi connectivity index (χ0) is 14.9. The molecule has 0 amide bonds. The lowest BCUT2D eigenvalue weighted by molar-refractivity contribution is -0.138. The van der Waals surface area contributed by atoms with E-state index in [4.69, 9.17) is 11.6 Å². The standard InChI is InChI=1S/C12H8ClF3N2O2/c1-20-10-3-2-7(6-8(10)12(14,15)16)18-9(11(13)19)4-5-17-18/h2-6H,1H3. The van der Waals surface area contributed by atoms with Crippen molar-refractivity contribution in [3.05, 3.63) is 41.7 Å². The molecule has 2 aromatic rings. The largest absolute Gasteiger partial charge is 0.496 e. The van der Waals surface area contributed by atoms with E-state index < -0.39 is 17.0 Å². The van der Waals surface area contributed by atoms with Crippen LogP contribution in [0.3, 0.4) is 0 Å². The Morgan fingerprint density at radius 2 is 2.05 bits per heavy atom. The number of carbonyl (C=O) groups is 1. The number of aromatic nitrogens is 2. The minimum atomic E-state index is -4.58. The molecule has 0 atom stereocenters. The summed E-state index contributed by atoms with van der Waals surface area (Å²) in [5.41, 5.74) is -0.918. The quantitative estimate of drug-likeness (QED) is 0.817. The second-order valence-electron chi connectivity index (χ2n) is 3.78. The number of hydrogen-bond acceptors (Lipinski definition) is 3. The van der Waals surface area contributed by atoms with Gasteiger partial charge in [0, 0.05) is 0 Å². The molecule has 106 valence electrons. The zero-order valence-corrected chi connectivity index (χ0v) is 10.9. The second-order valence-corrected chi connectivity index (χ2v) is 4.13. The summed E-state index contributed by atoms with van der Waals surface area (Å²) in [7, 11) is 1.14. The molecule has 0 fully saturated rings. The molecule has 0 bridgehead atoms. The molecule has 0 N–H and O–H groups in total. The molecule has 20 heavy (non-hydrogen) atoms. The van der Waals surface area contributed by atoms with E-state index in [1.807, 2.05) is 0 Å². The van der Waals surface area contributed by atoms with Crippen molar-refractivity contribution in [2.24, 2.45) is 0 Å². The van der Waals surface area contributed by atoms with E-state index in [1.165, 1.54) is 18.3 Å². The van der Waals surface area contributed by atoms with E-state index in [1.54, 1.807) is 0 Å². The van der Waals surface area contributed by atoms with Gasteiger partial charge >= 0.3 is 6.18 Å². The number of rotatable bonds is 3. The minimum absolute atomic E-state index is 0.0232. The van der Waals surface area contributed by atoms with Crippen molar-refractivity contribution in [1.29, 1.82) is 0 Å². The van der Waals surface area contributed by atoms with Crippen LogP contribution in [0.1, 0.15) is 16.1 Å². The van der Waals surface area contributed by atoms with Gasteiger partial charge in [0.1, 0.15) is 11.4 Å². The molecular formula is C12H8ClF3N2O2. The van der Waals surface area contributed by atoms with Crippen molar-refractivity contribution in [2.45, 2.75) is 6.18 Å². The third-order valence-electron chi connectivity index (χ3n) is 2.58. The van der Waals surface area contributed by atoms with Crippen LogP contribution >= 0.6 is 11.6 Å². The summed E-state index contributed by atoms with van der Waals surface area (Å²) >= 11 is 5.34. The highest BCUT2D eigenvalue weighted by molar-refractivity contribution is 6.67. The summed E-state index contributed by atoms with van der Waals surface area (Å²) < 4.78 is 44.5. The number of benzene rings is 1. The number of halogens is 4. The van der Waals surface area contributed by atoms with Gasteiger partial charge in [-0.25, -0.2) is 4.68 Å². The fourth-order valence-electron chi connectivity index (χ4n) is 1.71. The van der Waals surface area contributed by atoms with Crippen molar-refractivity contribution >= 4 is 16.8 Å². The zero-order valence-electron chi connectivity index (χ0n) is 10.1. The Morgan fingerprint density at radius 1 is 1.35 bits per heavy atom. The van der Waals surface area contributed by atoms with E-state index in [2.05, 4.69) is 9.84 Å². The molecule has 8 heteroatoms. The molecule has 1 heterocycles. The topological polar surface area (TPSA) is 44.1 Å². The smallest absolute Gasteiger partial charge is 0.420 e. The number of carbonyl (C=O) groups excluding carboxylic acids is 1. The van der Waals surface area contributed by atoms with Gasteiger partial charge in [0.2, 0.25) is 0 Å². The molecule has 0 aliphatic heterocycles. The fourth-order valence-corrected chi connectivity index (χ4v) is 1.85. The van der Waals surface area contributed by atoms with Crippen LogP contribution in [0.4, 0.5) is 13.2 Å². The van der Waals surface area contributed by atoms with Gasteiger partial charge in [0.25, 0.3) is 5.24 Å². The van der Waals surface area contributed by atoms with Gasteiger partial charge in [0.15, 0.2) is 0 Å². The molecule has 2 rings (SSSR count). The van der Waals surface area contributed by atoms with Crippen LogP contribution in [-0.4, -0.2) is 22.1 Å². The van der Waals surface area contributed by atoms with Gasteiger partial charge in [0.05, 0.1) is 24.6 Å². The van der Waals surface area contributed by atoms with Crippen molar-refractivity contribution in [2.75, 3.05) is 7.11 Å². The molecule has 1 aromatic heterocycles. The van der Waals surface area contributed by atoms with Gasteiger partial charge in [-0.05, 0) is 35.9 Å². The normalized spacial score (nSPS) is 11.4. The Bertz CT molecular complexity index is 652. The van der Waals surface area contributed by atoms with Gasteiger partial charge in [-0.1, -0.05) is 0 Å². The van der Waals surface area contributed by atoms with Crippen LogP contribution in [0.5, 0.6) is 5.75 Å². The second kappa shape index (κ2) is 5.16. The first-order chi connectivity index (χ1) is 9.34. The van der Waals surface area contributed by atoms with Crippen LogP contribution in [0.15, 0.2) is 30.5 Å². The predicted molar refractivity (Wildman–Crippen MR) is 65.3 cm³/mol. The average molecular weight is 305 g/mol. The molecule has 0 saturated carbocycles. The number of ether oxygens (including phenoxy) is 1. The first-order valence-electron chi connectivity index (χ1n) is 5.34. The number of alkyl halides is 3. The van der Waals surface area contributed by atoms with Crippen LogP contribution in [0.2, 0.25) is 0 Å². The molecule has 1 aromatic carbocycles. The maximum Gasteiger partial charge on any atom is 0.420 e. The van der Waals surface area contributed by atoms with Crippen LogP contribution < -0.4 is 4.74 Å². The monoisotopic (exact) mass is 304 g/mol. The van der Waals surface area contributed by atoms with E-state index in [0.717, 1.165) is 23.9 Å². The number of nitrogens with zero attached hydrogens (tertiary/aromatic N) is 2. The molecule has 0 radical (unpaired) electrons. The van der Waals surface area contributed by atoms with E-state index >= 15 is 0 Å². The van der Waals surface area contributed by atoms with Gasteiger partial charge in [-0.2, -0.15) is 18.3 Å². The Labute approximate surface area is 116 Å². The molecule has 0 aliphatic carbocycles. The summed E-state index contributed by atoms with van der Waals surface area (Å²) in [6.45, 7) is 0. The summed E-state index contributed by atoms with van der Waals surface area (Å²) in [5, 5.41) is 2.98. The lowest BCUT2D eigenvalue weighted by Crippen LogP contribution is -2.10. The minimum Gasteiger partial charge on any atom is -0.496 e. The summed E-state index contributed by atoms with van der Waals surface area (Å²) in [6.07, 6.45) is -3.31. The number of methoxy groups -OCH3 is 1. The average Bonchev–Trinajstić information content (AvgIpc) is 2.86. The fraction of sp³-hybridized carbons (Fsp3) is 0.167. The van der Waals surface area contributed by atoms with Crippen LogP contribution in [0, 0.1) is 0 Å². The van der Waals surface area contributed by atoms with Crippen LogP contribution in [-0.2, 0) is 6.18 Å². The van der Waals surface area contributed by atoms with Crippen molar-refractivity contribution in [3.8, 4) is 11.4 Å². The maximum atomic E-state index is 12.9. The van der Waals surface area contributed by atoms with Gasteiger partial charge in [-0.15, -0.1) is 0 Å². The van der Waals surface area contributed by atoms with Crippen molar-refractivity contribution in [1.82, 2.24) is 9.78 Å². The first-order valence-corrected chi connectivity index (χ1v) is 5.72. The molecule has 0 saturated heterocycles. The van der Waals surface area contributed by atoms with Crippen LogP contribution in [0.25, 0.3) is 5.69 Å². The molecule has 4 nitrogen and oxygen atoms in total. The van der Waals surface area contributed by atoms with Crippen molar-refractivity contribution in [3.63, 3.8) is 0 Å².